The molecule has 98 valence electrons. The van der Waals surface area contributed by atoms with Gasteiger partial charge < -0.3 is 10.4 Å². The van der Waals surface area contributed by atoms with Crippen molar-refractivity contribution in [3.63, 3.8) is 0 Å². The van der Waals surface area contributed by atoms with Gasteiger partial charge in [0.1, 0.15) is 6.04 Å². The standard InChI is InChI=1S/C15H15NO3/c17-13-8-6-12(7-9-13)16-14(15(18)19)10-11-4-2-1-3-5-11/h1-8,14,16H,9-10H2,(H,18,19)/t14-/m0/s1. The fraction of sp³-hybridized carbons (Fsp3) is 0.200. The number of carbonyl (C=O) groups is 2. The Morgan fingerprint density at radius 3 is 2.58 bits per heavy atom. The van der Waals surface area contributed by atoms with Gasteiger partial charge in [0.15, 0.2) is 5.78 Å². The van der Waals surface area contributed by atoms with E-state index in [1.165, 1.54) is 6.08 Å². The van der Waals surface area contributed by atoms with Gasteiger partial charge in [-0.1, -0.05) is 36.4 Å². The van der Waals surface area contributed by atoms with E-state index in [9.17, 15) is 14.7 Å². The first kappa shape index (κ1) is 13.1. The van der Waals surface area contributed by atoms with Gasteiger partial charge in [-0.3, -0.25) is 4.79 Å². The number of ketones is 1. The van der Waals surface area contributed by atoms with Crippen molar-refractivity contribution in [1.29, 1.82) is 0 Å². The van der Waals surface area contributed by atoms with Crippen molar-refractivity contribution in [2.45, 2.75) is 18.9 Å². The van der Waals surface area contributed by atoms with E-state index < -0.39 is 12.0 Å². The maximum Gasteiger partial charge on any atom is 0.326 e. The number of benzene rings is 1. The first-order valence-electron chi connectivity index (χ1n) is 6.09. The number of hydrogen-bond acceptors (Lipinski definition) is 3. The van der Waals surface area contributed by atoms with Crippen LogP contribution in [0.3, 0.4) is 0 Å². The average Bonchev–Trinajstić information content (AvgIpc) is 2.41. The van der Waals surface area contributed by atoms with E-state index in [2.05, 4.69) is 5.32 Å². The summed E-state index contributed by atoms with van der Waals surface area (Å²) in [6.07, 6.45) is 5.51. The summed E-state index contributed by atoms with van der Waals surface area (Å²) >= 11 is 0. The molecule has 0 aliphatic heterocycles. The highest BCUT2D eigenvalue weighted by Gasteiger charge is 2.18. The van der Waals surface area contributed by atoms with Gasteiger partial charge in [0.05, 0.1) is 0 Å². The van der Waals surface area contributed by atoms with E-state index in [1.54, 1.807) is 12.2 Å². The fourth-order valence-electron chi connectivity index (χ4n) is 1.89. The van der Waals surface area contributed by atoms with Crippen LogP contribution in [0.2, 0.25) is 0 Å². The second kappa shape index (κ2) is 6.00. The van der Waals surface area contributed by atoms with Crippen molar-refractivity contribution in [3.8, 4) is 0 Å². The van der Waals surface area contributed by atoms with Crippen LogP contribution in [0.4, 0.5) is 0 Å². The molecule has 0 saturated heterocycles. The molecular weight excluding hydrogens is 242 g/mol. The molecule has 1 aliphatic rings. The Bertz CT molecular complexity index is 532. The largest absolute Gasteiger partial charge is 0.480 e. The molecule has 2 rings (SSSR count). The first-order chi connectivity index (χ1) is 9.15. The quantitative estimate of drug-likeness (QED) is 0.842. The minimum absolute atomic E-state index is 0.0282. The minimum atomic E-state index is -0.907. The molecule has 0 unspecified atom stereocenters. The van der Waals surface area contributed by atoms with Crippen molar-refractivity contribution >= 4 is 11.8 Å². The van der Waals surface area contributed by atoms with Gasteiger partial charge in [0.2, 0.25) is 0 Å². The first-order valence-corrected chi connectivity index (χ1v) is 6.09. The van der Waals surface area contributed by atoms with Gasteiger partial charge in [0, 0.05) is 18.5 Å². The molecule has 19 heavy (non-hydrogen) atoms. The summed E-state index contributed by atoms with van der Waals surface area (Å²) in [7, 11) is 0. The SMILES string of the molecule is O=C1C=CC(N[C@@H](Cc2ccccc2)C(=O)O)=CC1. The Hall–Kier alpha value is -2.36. The van der Waals surface area contributed by atoms with Crippen LogP contribution < -0.4 is 5.32 Å². The third-order valence-corrected chi connectivity index (χ3v) is 2.89. The summed E-state index contributed by atoms with van der Waals surface area (Å²) < 4.78 is 0. The third-order valence-electron chi connectivity index (χ3n) is 2.89. The fourth-order valence-corrected chi connectivity index (χ4v) is 1.89. The summed E-state index contributed by atoms with van der Waals surface area (Å²) in [5, 5.41) is 12.2. The molecule has 4 heteroatoms. The molecule has 1 aromatic carbocycles. The second-order valence-corrected chi connectivity index (χ2v) is 4.39. The highest BCUT2D eigenvalue weighted by molar-refractivity contribution is 5.92. The molecule has 0 spiro atoms. The van der Waals surface area contributed by atoms with E-state index in [0.29, 0.717) is 18.5 Å². The van der Waals surface area contributed by atoms with Crippen LogP contribution in [0.1, 0.15) is 12.0 Å². The van der Waals surface area contributed by atoms with E-state index in [1.807, 2.05) is 30.3 Å². The molecule has 1 atom stereocenters. The summed E-state index contributed by atoms with van der Waals surface area (Å²) in [4.78, 5) is 22.3. The molecule has 0 bridgehead atoms. The molecule has 0 amide bonds. The van der Waals surface area contributed by atoms with Gasteiger partial charge >= 0.3 is 5.97 Å². The number of carbonyl (C=O) groups excluding carboxylic acids is 1. The van der Waals surface area contributed by atoms with E-state index in [0.717, 1.165) is 5.56 Å². The van der Waals surface area contributed by atoms with E-state index in [-0.39, 0.29) is 5.78 Å². The molecular formula is C15H15NO3. The Balaban J connectivity index is 2.03. The van der Waals surface area contributed by atoms with Gasteiger partial charge in [0.25, 0.3) is 0 Å². The number of carboxylic acids is 1. The smallest absolute Gasteiger partial charge is 0.326 e. The molecule has 4 nitrogen and oxygen atoms in total. The minimum Gasteiger partial charge on any atom is -0.480 e. The number of hydrogen-bond donors (Lipinski definition) is 2. The number of allylic oxidation sites excluding steroid dienone is 3. The number of nitrogens with one attached hydrogen (secondary N) is 1. The Labute approximate surface area is 111 Å². The van der Waals surface area contributed by atoms with Gasteiger partial charge in [-0.2, -0.15) is 0 Å². The van der Waals surface area contributed by atoms with Gasteiger partial charge in [-0.25, -0.2) is 4.79 Å². The zero-order chi connectivity index (χ0) is 13.7. The zero-order valence-corrected chi connectivity index (χ0v) is 10.4. The van der Waals surface area contributed by atoms with Crippen LogP contribution in [0.5, 0.6) is 0 Å². The summed E-state index contributed by atoms with van der Waals surface area (Å²) in [6.45, 7) is 0. The number of rotatable bonds is 5. The van der Waals surface area contributed by atoms with Crippen LogP contribution >= 0.6 is 0 Å². The van der Waals surface area contributed by atoms with E-state index in [4.69, 9.17) is 0 Å². The Morgan fingerprint density at radius 2 is 2.00 bits per heavy atom. The Kier molecular flexibility index (Phi) is 4.13. The maximum absolute atomic E-state index is 11.3. The van der Waals surface area contributed by atoms with Gasteiger partial charge in [-0.05, 0) is 17.7 Å². The predicted octanol–water partition coefficient (Wildman–Crippen LogP) is 1.68. The lowest BCUT2D eigenvalue weighted by molar-refractivity contribution is -0.139. The lowest BCUT2D eigenvalue weighted by Gasteiger charge is -2.17. The van der Waals surface area contributed by atoms with Crippen LogP contribution in [-0.4, -0.2) is 22.9 Å². The predicted molar refractivity (Wildman–Crippen MR) is 71.6 cm³/mol. The summed E-state index contributed by atoms with van der Waals surface area (Å²) in [5.74, 6) is -0.879. The third kappa shape index (κ3) is 3.81. The summed E-state index contributed by atoms with van der Waals surface area (Å²) in [6, 6.07) is 8.74. The average molecular weight is 257 g/mol. The van der Waals surface area contributed by atoms with Crippen molar-refractivity contribution < 1.29 is 14.7 Å². The topological polar surface area (TPSA) is 66.4 Å². The molecule has 2 N–H and O–H groups in total. The van der Waals surface area contributed by atoms with Crippen molar-refractivity contribution in [1.82, 2.24) is 5.32 Å². The van der Waals surface area contributed by atoms with Crippen LogP contribution in [0, 0.1) is 0 Å². The maximum atomic E-state index is 11.3. The number of aliphatic carboxylic acids is 1. The molecule has 1 aliphatic carbocycles. The second-order valence-electron chi connectivity index (χ2n) is 4.39. The van der Waals surface area contributed by atoms with Gasteiger partial charge in [-0.15, -0.1) is 0 Å². The molecule has 0 fully saturated rings. The highest BCUT2D eigenvalue weighted by Crippen LogP contribution is 2.09. The van der Waals surface area contributed by atoms with Crippen molar-refractivity contribution in [2.75, 3.05) is 0 Å². The van der Waals surface area contributed by atoms with Crippen LogP contribution in [0.15, 0.2) is 54.3 Å². The van der Waals surface area contributed by atoms with Crippen LogP contribution in [0.25, 0.3) is 0 Å². The lowest BCUT2D eigenvalue weighted by Crippen LogP contribution is -2.38. The normalized spacial score (nSPS) is 15.8. The van der Waals surface area contributed by atoms with E-state index >= 15 is 0 Å². The van der Waals surface area contributed by atoms with Crippen molar-refractivity contribution in [2.24, 2.45) is 0 Å². The van der Waals surface area contributed by atoms with Crippen LogP contribution in [-0.2, 0) is 16.0 Å². The molecule has 0 aromatic heterocycles. The molecule has 0 saturated carbocycles. The molecule has 0 radical (unpaired) electrons. The monoisotopic (exact) mass is 257 g/mol. The highest BCUT2D eigenvalue weighted by atomic mass is 16.4. The summed E-state index contributed by atoms with van der Waals surface area (Å²) in [5.41, 5.74) is 1.64. The molecule has 0 heterocycles. The Morgan fingerprint density at radius 1 is 1.26 bits per heavy atom. The zero-order valence-electron chi connectivity index (χ0n) is 10.4. The molecule has 1 aromatic rings. The van der Waals surface area contributed by atoms with Crippen molar-refractivity contribution in [3.05, 3.63) is 59.8 Å². The lowest BCUT2D eigenvalue weighted by atomic mass is 10.0. The number of carboxylic acid groups (broad SMARTS) is 1.